The quantitative estimate of drug-likeness (QED) is 0.632. The van der Waals surface area contributed by atoms with Gasteiger partial charge in [-0.05, 0) is 50.2 Å². The Kier molecular flexibility index (Phi) is 6.46. The maximum atomic E-state index is 12.1. The van der Waals surface area contributed by atoms with Crippen LogP contribution in [0.1, 0.15) is 13.8 Å². The second kappa shape index (κ2) is 9.04. The smallest absolute Gasteiger partial charge is 0.417 e. The minimum absolute atomic E-state index is 0.281. The number of carbonyl (C=O) groups excluding carboxylic acids is 2. The Balaban J connectivity index is 1.99. The van der Waals surface area contributed by atoms with Crippen molar-refractivity contribution < 1.29 is 41.1 Å². The molecule has 0 radical (unpaired) electrons. The van der Waals surface area contributed by atoms with E-state index in [1.54, 1.807) is 50.2 Å². The van der Waals surface area contributed by atoms with Crippen molar-refractivity contribution in [1.82, 2.24) is 0 Å². The molecule has 2 atom stereocenters. The average molecular weight is 436 g/mol. The fourth-order valence-corrected chi connectivity index (χ4v) is 3.35. The van der Waals surface area contributed by atoms with Crippen LogP contribution in [0, 0.1) is 0 Å². The van der Waals surface area contributed by atoms with Crippen LogP contribution in [0.15, 0.2) is 36.4 Å². The fourth-order valence-electron chi connectivity index (χ4n) is 2.73. The van der Waals surface area contributed by atoms with E-state index in [1.165, 1.54) is 14.2 Å². The largest absolute Gasteiger partial charge is 0.479 e. The number of esters is 2. The molecule has 0 fully saturated rings. The van der Waals surface area contributed by atoms with E-state index < -0.39 is 35.5 Å². The first-order valence-electron chi connectivity index (χ1n) is 8.88. The molecule has 0 N–H and O–H groups in total. The summed E-state index contributed by atoms with van der Waals surface area (Å²) in [5, 5.41) is 0. The number of hydrogen-bond acceptors (Lipinski definition) is 9. The molecule has 0 amide bonds. The number of fused-ring (bicyclic) bond motifs is 3. The SMILES string of the molecule is COC(=O)C(C)Oc1ccc2c(c1)-c1cc(OC(C)C(=O)OC)ccc1OS(=O)O2. The van der Waals surface area contributed by atoms with Gasteiger partial charge in [0.25, 0.3) is 0 Å². The minimum atomic E-state index is -2.06. The van der Waals surface area contributed by atoms with Crippen LogP contribution in [0.25, 0.3) is 11.1 Å². The lowest BCUT2D eigenvalue weighted by Gasteiger charge is -2.15. The Morgan fingerprint density at radius 2 is 1.20 bits per heavy atom. The average Bonchev–Trinajstić information content (AvgIpc) is 2.87. The van der Waals surface area contributed by atoms with Gasteiger partial charge >= 0.3 is 23.3 Å². The van der Waals surface area contributed by atoms with Crippen molar-refractivity contribution in [1.29, 1.82) is 0 Å². The van der Waals surface area contributed by atoms with Gasteiger partial charge in [0.1, 0.15) is 11.5 Å². The van der Waals surface area contributed by atoms with E-state index in [1.807, 2.05) is 0 Å². The molecule has 1 aliphatic rings. The van der Waals surface area contributed by atoms with Gasteiger partial charge in [-0.25, -0.2) is 9.59 Å². The second-order valence-electron chi connectivity index (χ2n) is 6.25. The summed E-state index contributed by atoms with van der Waals surface area (Å²) in [7, 11) is 2.54. The van der Waals surface area contributed by atoms with Crippen LogP contribution < -0.4 is 17.8 Å². The lowest BCUT2D eigenvalue weighted by molar-refractivity contribution is -0.148. The summed E-state index contributed by atoms with van der Waals surface area (Å²) in [6.45, 7) is 3.11. The molecule has 30 heavy (non-hydrogen) atoms. The molecule has 9 nitrogen and oxygen atoms in total. The normalized spacial score (nSPS) is 16.3. The van der Waals surface area contributed by atoms with E-state index in [9.17, 15) is 13.8 Å². The molecule has 10 heteroatoms. The molecule has 1 heterocycles. The molecule has 3 rings (SSSR count). The summed E-state index contributed by atoms with van der Waals surface area (Å²) in [6.07, 6.45) is -1.67. The van der Waals surface area contributed by atoms with E-state index in [2.05, 4.69) is 9.47 Å². The number of benzene rings is 2. The zero-order valence-corrected chi connectivity index (χ0v) is 17.5. The van der Waals surface area contributed by atoms with Crippen LogP contribution in [0.3, 0.4) is 0 Å². The van der Waals surface area contributed by atoms with Crippen molar-refractivity contribution in [2.75, 3.05) is 14.2 Å². The molecule has 2 unspecified atom stereocenters. The predicted molar refractivity (Wildman–Crippen MR) is 105 cm³/mol. The maximum Gasteiger partial charge on any atom is 0.417 e. The summed E-state index contributed by atoms with van der Waals surface area (Å²) in [6, 6.07) is 9.48. The van der Waals surface area contributed by atoms with Crippen molar-refractivity contribution in [2.45, 2.75) is 26.1 Å². The molecule has 2 aromatic carbocycles. The topological polar surface area (TPSA) is 107 Å². The van der Waals surface area contributed by atoms with E-state index in [0.29, 0.717) is 22.6 Å². The van der Waals surface area contributed by atoms with Crippen LogP contribution in [-0.2, 0) is 30.4 Å². The molecule has 0 bridgehead atoms. The van der Waals surface area contributed by atoms with Gasteiger partial charge in [-0.3, -0.25) is 0 Å². The summed E-state index contributed by atoms with van der Waals surface area (Å²) in [4.78, 5) is 23.3. The predicted octanol–water partition coefficient (Wildman–Crippen LogP) is 2.58. The Morgan fingerprint density at radius 1 is 0.800 bits per heavy atom. The summed E-state index contributed by atoms with van der Waals surface area (Å²) >= 11 is -2.06. The lowest BCUT2D eigenvalue weighted by Crippen LogP contribution is -2.25. The highest BCUT2D eigenvalue weighted by Gasteiger charge is 2.25. The van der Waals surface area contributed by atoms with Crippen LogP contribution in [0.4, 0.5) is 0 Å². The lowest BCUT2D eigenvalue weighted by atomic mass is 10.0. The molecule has 0 saturated heterocycles. The fraction of sp³-hybridized carbons (Fsp3) is 0.300. The molecule has 0 aromatic heterocycles. The molecule has 2 aromatic rings. The number of methoxy groups -OCH3 is 2. The van der Waals surface area contributed by atoms with Crippen molar-refractivity contribution in [2.24, 2.45) is 0 Å². The van der Waals surface area contributed by atoms with Crippen LogP contribution in [-0.4, -0.2) is 42.6 Å². The third kappa shape index (κ3) is 4.65. The first-order valence-corrected chi connectivity index (χ1v) is 9.88. The van der Waals surface area contributed by atoms with Gasteiger partial charge in [-0.2, -0.15) is 4.21 Å². The van der Waals surface area contributed by atoms with Gasteiger partial charge in [0.2, 0.25) is 0 Å². The number of rotatable bonds is 6. The zero-order valence-electron chi connectivity index (χ0n) is 16.7. The van der Waals surface area contributed by atoms with Gasteiger partial charge in [0.05, 0.1) is 14.2 Å². The van der Waals surface area contributed by atoms with E-state index in [-0.39, 0.29) is 11.5 Å². The third-order valence-corrected chi connectivity index (χ3v) is 4.83. The monoisotopic (exact) mass is 436 g/mol. The Morgan fingerprint density at radius 3 is 1.57 bits per heavy atom. The van der Waals surface area contributed by atoms with E-state index in [0.717, 1.165) is 0 Å². The highest BCUT2D eigenvalue weighted by molar-refractivity contribution is 7.76. The highest BCUT2D eigenvalue weighted by Crippen LogP contribution is 2.43. The maximum absolute atomic E-state index is 12.1. The summed E-state index contributed by atoms with van der Waals surface area (Å²) < 4.78 is 43.3. The van der Waals surface area contributed by atoms with Gasteiger partial charge in [0, 0.05) is 11.1 Å². The van der Waals surface area contributed by atoms with Crippen molar-refractivity contribution >= 4 is 23.3 Å². The van der Waals surface area contributed by atoms with Crippen molar-refractivity contribution in [3.05, 3.63) is 36.4 Å². The van der Waals surface area contributed by atoms with Crippen molar-refractivity contribution in [3.63, 3.8) is 0 Å². The van der Waals surface area contributed by atoms with Gasteiger partial charge in [-0.1, -0.05) is 0 Å². The molecule has 0 spiro atoms. The van der Waals surface area contributed by atoms with Gasteiger partial charge in [-0.15, -0.1) is 0 Å². The molecule has 1 aliphatic heterocycles. The number of carbonyl (C=O) groups is 2. The standard InChI is InChI=1S/C20H20O9S/c1-11(19(21)24-3)26-13-5-7-17-15(9-13)16-10-14(27-12(2)20(22)25-4)6-8-18(16)29-30(23)28-17/h5-12H,1-4H3. The first-order chi connectivity index (χ1) is 14.3. The molecular weight excluding hydrogens is 416 g/mol. The van der Waals surface area contributed by atoms with Crippen LogP contribution >= 0.6 is 0 Å². The Labute approximate surface area is 175 Å². The molecule has 160 valence electrons. The van der Waals surface area contributed by atoms with Gasteiger partial charge in [0.15, 0.2) is 23.7 Å². The zero-order chi connectivity index (χ0) is 21.8. The minimum Gasteiger partial charge on any atom is -0.479 e. The second-order valence-corrected chi connectivity index (χ2v) is 6.99. The molecular formula is C20H20O9S. The van der Waals surface area contributed by atoms with Crippen LogP contribution in [0.2, 0.25) is 0 Å². The highest BCUT2D eigenvalue weighted by atomic mass is 32.2. The van der Waals surface area contributed by atoms with E-state index >= 15 is 0 Å². The Hall–Kier alpha value is -3.27. The molecule has 0 saturated carbocycles. The summed E-state index contributed by atoms with van der Waals surface area (Å²) in [5.74, 6) is 0.231. The first kappa shape index (κ1) is 21.4. The van der Waals surface area contributed by atoms with Gasteiger partial charge < -0.3 is 27.3 Å². The number of ether oxygens (including phenoxy) is 4. The van der Waals surface area contributed by atoms with E-state index in [4.69, 9.17) is 17.8 Å². The molecule has 0 aliphatic carbocycles. The van der Waals surface area contributed by atoms with Crippen molar-refractivity contribution in [3.8, 4) is 34.1 Å². The summed E-state index contributed by atoms with van der Waals surface area (Å²) in [5.41, 5.74) is 1.00. The van der Waals surface area contributed by atoms with Crippen LogP contribution in [0.5, 0.6) is 23.0 Å². The number of hydrogen-bond donors (Lipinski definition) is 0. The Bertz CT molecular complexity index is 911. The third-order valence-electron chi connectivity index (χ3n) is 4.20.